The second kappa shape index (κ2) is 5.23. The largest absolute Gasteiger partial charge is 0.465 e. The molecule has 0 aliphatic carbocycles. The molecule has 1 aromatic heterocycles. The Balaban J connectivity index is 2.44. The lowest BCUT2D eigenvalue weighted by Crippen LogP contribution is -2.12. The summed E-state index contributed by atoms with van der Waals surface area (Å²) in [6, 6.07) is 7.13. The lowest BCUT2D eigenvalue weighted by atomic mass is 10.1. The third kappa shape index (κ3) is 2.40. The number of rotatable bonds is 3. The van der Waals surface area contributed by atoms with Crippen molar-refractivity contribution >= 4 is 11.7 Å². The number of carbonyl (C=O) groups is 1. The van der Waals surface area contributed by atoms with E-state index >= 15 is 0 Å². The molecule has 19 heavy (non-hydrogen) atoms. The number of hydrogen-bond donors (Lipinski definition) is 1. The Hall–Kier alpha value is -2.81. The molecule has 0 atom stereocenters. The van der Waals surface area contributed by atoms with Crippen molar-refractivity contribution in [2.75, 3.05) is 12.8 Å². The highest BCUT2D eigenvalue weighted by molar-refractivity contribution is 5.96. The van der Waals surface area contributed by atoms with E-state index in [0.717, 1.165) is 0 Å². The molecule has 0 aliphatic heterocycles. The number of esters is 1. The molecular weight excluding hydrogens is 244 g/mol. The van der Waals surface area contributed by atoms with Crippen molar-refractivity contribution in [2.24, 2.45) is 0 Å². The Labute approximate surface area is 110 Å². The van der Waals surface area contributed by atoms with Gasteiger partial charge in [0.15, 0.2) is 0 Å². The average Bonchev–Trinajstić information content (AvgIpc) is 2.85. The maximum atomic E-state index is 11.7. The van der Waals surface area contributed by atoms with Crippen LogP contribution in [0.15, 0.2) is 30.6 Å². The summed E-state index contributed by atoms with van der Waals surface area (Å²) >= 11 is 0. The molecule has 96 valence electrons. The zero-order valence-electron chi connectivity index (χ0n) is 10.3. The Kier molecular flexibility index (Phi) is 3.48. The molecule has 2 aromatic rings. The Morgan fingerprint density at radius 1 is 1.58 bits per heavy atom. The van der Waals surface area contributed by atoms with Gasteiger partial charge in [-0.15, -0.1) is 0 Å². The van der Waals surface area contributed by atoms with E-state index in [0.29, 0.717) is 23.4 Å². The highest BCUT2D eigenvalue weighted by Gasteiger charge is 2.16. The number of nitriles is 1. The van der Waals surface area contributed by atoms with Crippen LogP contribution in [0, 0.1) is 11.3 Å². The molecule has 0 aliphatic rings. The molecule has 2 N–H and O–H groups in total. The van der Waals surface area contributed by atoms with E-state index in [-0.39, 0.29) is 5.82 Å². The van der Waals surface area contributed by atoms with Crippen molar-refractivity contribution in [2.45, 2.75) is 6.54 Å². The van der Waals surface area contributed by atoms with Gasteiger partial charge < -0.3 is 15.0 Å². The number of hydrogen-bond acceptors (Lipinski definition) is 5. The van der Waals surface area contributed by atoms with Gasteiger partial charge in [0.1, 0.15) is 6.07 Å². The van der Waals surface area contributed by atoms with Gasteiger partial charge in [-0.2, -0.15) is 5.26 Å². The van der Waals surface area contributed by atoms with Crippen LogP contribution in [-0.2, 0) is 11.3 Å². The van der Waals surface area contributed by atoms with Gasteiger partial charge in [-0.1, -0.05) is 12.1 Å². The van der Waals surface area contributed by atoms with Crippen LogP contribution < -0.4 is 5.73 Å². The Morgan fingerprint density at radius 3 is 3.05 bits per heavy atom. The first kappa shape index (κ1) is 12.6. The molecular formula is C13H12N4O2. The third-order valence-corrected chi connectivity index (χ3v) is 2.73. The first-order chi connectivity index (χ1) is 9.17. The van der Waals surface area contributed by atoms with Crippen molar-refractivity contribution in [3.63, 3.8) is 0 Å². The van der Waals surface area contributed by atoms with Crippen LogP contribution in [0.5, 0.6) is 0 Å². The summed E-state index contributed by atoms with van der Waals surface area (Å²) in [6.07, 6.45) is 3.20. The van der Waals surface area contributed by atoms with E-state index in [4.69, 9.17) is 15.7 Å². The topological polar surface area (TPSA) is 93.9 Å². The highest BCUT2D eigenvalue weighted by Crippen LogP contribution is 2.19. The number of methoxy groups -OCH3 is 1. The van der Waals surface area contributed by atoms with E-state index in [2.05, 4.69) is 4.98 Å². The van der Waals surface area contributed by atoms with Crippen LogP contribution in [0.2, 0.25) is 0 Å². The summed E-state index contributed by atoms with van der Waals surface area (Å²) in [5, 5.41) is 8.91. The van der Waals surface area contributed by atoms with E-state index in [1.807, 2.05) is 6.07 Å². The van der Waals surface area contributed by atoms with Gasteiger partial charge in [0, 0.05) is 18.1 Å². The molecule has 2 rings (SSSR count). The minimum atomic E-state index is -0.494. The molecule has 6 nitrogen and oxygen atoms in total. The lowest BCUT2D eigenvalue weighted by Gasteiger charge is -2.11. The molecule has 1 aromatic carbocycles. The van der Waals surface area contributed by atoms with Crippen LogP contribution >= 0.6 is 0 Å². The van der Waals surface area contributed by atoms with Crippen LogP contribution in [0.25, 0.3) is 0 Å². The van der Waals surface area contributed by atoms with E-state index in [9.17, 15) is 4.79 Å². The zero-order valence-corrected chi connectivity index (χ0v) is 10.3. The predicted octanol–water partition coefficient (Wildman–Crippen LogP) is 1.17. The highest BCUT2D eigenvalue weighted by atomic mass is 16.5. The molecule has 0 fully saturated rings. The minimum Gasteiger partial charge on any atom is -0.465 e. The summed E-state index contributed by atoms with van der Waals surface area (Å²) in [4.78, 5) is 15.6. The predicted molar refractivity (Wildman–Crippen MR) is 68.2 cm³/mol. The molecule has 0 saturated carbocycles. The summed E-state index contributed by atoms with van der Waals surface area (Å²) in [5.74, 6) is -0.218. The Bertz CT molecular complexity index is 655. The second-order valence-corrected chi connectivity index (χ2v) is 3.86. The van der Waals surface area contributed by atoms with Crippen molar-refractivity contribution in [3.8, 4) is 6.07 Å². The van der Waals surface area contributed by atoms with Gasteiger partial charge in [-0.3, -0.25) is 0 Å². The summed E-state index contributed by atoms with van der Waals surface area (Å²) < 4.78 is 6.36. The first-order valence-corrected chi connectivity index (χ1v) is 5.54. The number of nitrogens with zero attached hydrogens (tertiary/aromatic N) is 3. The number of carbonyl (C=O) groups excluding carboxylic acids is 1. The fraction of sp³-hybridized carbons (Fsp3) is 0.154. The summed E-state index contributed by atoms with van der Waals surface area (Å²) in [6.45, 7) is 0.332. The van der Waals surface area contributed by atoms with Gasteiger partial charge in [-0.05, 0) is 11.6 Å². The van der Waals surface area contributed by atoms with Crippen molar-refractivity contribution in [1.82, 2.24) is 9.55 Å². The van der Waals surface area contributed by atoms with E-state index in [1.54, 1.807) is 29.0 Å². The minimum absolute atomic E-state index is 0.276. The van der Waals surface area contributed by atoms with E-state index in [1.165, 1.54) is 13.3 Å². The SMILES string of the molecule is COC(=O)c1c(N)cccc1Cn1ccnc1C#N. The summed E-state index contributed by atoms with van der Waals surface area (Å²) in [7, 11) is 1.30. The third-order valence-electron chi connectivity index (χ3n) is 2.73. The monoisotopic (exact) mass is 256 g/mol. The van der Waals surface area contributed by atoms with Gasteiger partial charge >= 0.3 is 5.97 Å². The lowest BCUT2D eigenvalue weighted by molar-refractivity contribution is 0.0600. The molecule has 0 saturated heterocycles. The summed E-state index contributed by atoms with van der Waals surface area (Å²) in [5.41, 5.74) is 7.16. The van der Waals surface area contributed by atoms with Gasteiger partial charge in [0.2, 0.25) is 5.82 Å². The zero-order chi connectivity index (χ0) is 13.8. The fourth-order valence-corrected chi connectivity index (χ4v) is 1.84. The maximum absolute atomic E-state index is 11.7. The molecule has 0 amide bonds. The van der Waals surface area contributed by atoms with Gasteiger partial charge in [0.25, 0.3) is 0 Å². The van der Waals surface area contributed by atoms with Crippen molar-refractivity contribution in [3.05, 3.63) is 47.5 Å². The average molecular weight is 256 g/mol. The number of anilines is 1. The van der Waals surface area contributed by atoms with Crippen LogP contribution in [0.4, 0.5) is 5.69 Å². The molecule has 1 heterocycles. The van der Waals surface area contributed by atoms with Gasteiger partial charge in [-0.25, -0.2) is 9.78 Å². The number of aromatic nitrogens is 2. The number of nitrogens with two attached hydrogens (primary N) is 1. The van der Waals surface area contributed by atoms with Crippen molar-refractivity contribution in [1.29, 1.82) is 5.26 Å². The maximum Gasteiger partial charge on any atom is 0.340 e. The number of ether oxygens (including phenoxy) is 1. The quantitative estimate of drug-likeness (QED) is 0.657. The van der Waals surface area contributed by atoms with Crippen LogP contribution in [-0.4, -0.2) is 22.6 Å². The molecule has 0 spiro atoms. The first-order valence-electron chi connectivity index (χ1n) is 5.54. The van der Waals surface area contributed by atoms with Gasteiger partial charge in [0.05, 0.1) is 19.2 Å². The molecule has 0 unspecified atom stereocenters. The molecule has 0 radical (unpaired) electrons. The smallest absolute Gasteiger partial charge is 0.340 e. The second-order valence-electron chi connectivity index (χ2n) is 3.86. The Morgan fingerprint density at radius 2 is 2.37 bits per heavy atom. The number of imidazole rings is 1. The van der Waals surface area contributed by atoms with E-state index < -0.39 is 5.97 Å². The molecule has 0 bridgehead atoms. The number of benzene rings is 1. The normalized spacial score (nSPS) is 9.89. The molecule has 6 heteroatoms. The van der Waals surface area contributed by atoms with Crippen LogP contribution in [0.3, 0.4) is 0 Å². The number of nitrogen functional groups attached to an aromatic ring is 1. The van der Waals surface area contributed by atoms with Crippen LogP contribution in [0.1, 0.15) is 21.7 Å². The standard InChI is InChI=1S/C13H12N4O2/c1-19-13(18)12-9(3-2-4-10(12)15)8-17-6-5-16-11(17)7-14/h2-6H,8,15H2,1H3. The fourth-order valence-electron chi connectivity index (χ4n) is 1.84. The van der Waals surface area contributed by atoms with Crippen molar-refractivity contribution < 1.29 is 9.53 Å².